The predicted octanol–water partition coefficient (Wildman–Crippen LogP) is 2.26. The van der Waals surface area contributed by atoms with Gasteiger partial charge in [-0.1, -0.05) is 0 Å². The van der Waals surface area contributed by atoms with E-state index in [1.807, 2.05) is 45.6 Å². The second-order valence-electron chi connectivity index (χ2n) is 7.15. The van der Waals surface area contributed by atoms with Crippen molar-refractivity contribution < 1.29 is 9.53 Å². The fourth-order valence-electron chi connectivity index (χ4n) is 2.85. The zero-order valence-corrected chi connectivity index (χ0v) is 14.3. The van der Waals surface area contributed by atoms with E-state index in [1.165, 1.54) is 5.56 Å². The Labute approximate surface area is 132 Å². The van der Waals surface area contributed by atoms with Gasteiger partial charge in [-0.2, -0.15) is 5.10 Å². The molecule has 2 atom stereocenters. The molecule has 1 heterocycles. The van der Waals surface area contributed by atoms with Crippen molar-refractivity contribution in [3.8, 4) is 0 Å². The number of hydrogen-bond acceptors (Lipinski definition) is 4. The molecular weight excluding hydrogens is 280 g/mol. The number of alkyl carbamates (subject to hydrolysis) is 1. The molecule has 0 bridgehead atoms. The van der Waals surface area contributed by atoms with Crippen molar-refractivity contribution in [2.24, 2.45) is 7.05 Å². The summed E-state index contributed by atoms with van der Waals surface area (Å²) in [6, 6.07) is 0.627. The van der Waals surface area contributed by atoms with Gasteiger partial charge < -0.3 is 15.4 Å². The van der Waals surface area contributed by atoms with E-state index in [4.69, 9.17) is 4.74 Å². The second-order valence-corrected chi connectivity index (χ2v) is 7.15. The van der Waals surface area contributed by atoms with Gasteiger partial charge in [-0.25, -0.2) is 4.79 Å². The number of aryl methyl sites for hydroxylation is 2. The first-order chi connectivity index (χ1) is 10.2. The van der Waals surface area contributed by atoms with Crippen LogP contribution in [0.5, 0.6) is 0 Å². The number of ether oxygens (including phenoxy) is 1. The molecule has 1 amide bonds. The first-order valence-corrected chi connectivity index (χ1v) is 7.95. The number of nitrogens with zero attached hydrogens (tertiary/aromatic N) is 2. The Morgan fingerprint density at radius 2 is 2.09 bits per heavy atom. The topological polar surface area (TPSA) is 68.2 Å². The van der Waals surface area contributed by atoms with Gasteiger partial charge in [-0.05, 0) is 47.0 Å². The first-order valence-electron chi connectivity index (χ1n) is 7.95. The van der Waals surface area contributed by atoms with Crippen molar-refractivity contribution in [2.45, 2.75) is 71.2 Å². The van der Waals surface area contributed by atoms with E-state index >= 15 is 0 Å². The minimum atomic E-state index is -0.446. The molecule has 0 spiro atoms. The van der Waals surface area contributed by atoms with Crippen LogP contribution < -0.4 is 10.6 Å². The second kappa shape index (κ2) is 6.69. The van der Waals surface area contributed by atoms with Gasteiger partial charge in [0.2, 0.25) is 0 Å². The molecule has 124 valence electrons. The molecule has 0 saturated heterocycles. The van der Waals surface area contributed by atoms with Crippen molar-refractivity contribution in [1.82, 2.24) is 20.4 Å². The van der Waals surface area contributed by atoms with E-state index in [2.05, 4.69) is 15.7 Å². The van der Waals surface area contributed by atoms with Crippen molar-refractivity contribution in [3.05, 3.63) is 17.5 Å². The largest absolute Gasteiger partial charge is 0.444 e. The SMILES string of the molecule is Cc1nn(C)cc1CNC1CCC(NC(=O)OC(C)(C)C)C1. The zero-order valence-electron chi connectivity index (χ0n) is 14.3. The van der Waals surface area contributed by atoms with Crippen molar-refractivity contribution in [3.63, 3.8) is 0 Å². The number of rotatable bonds is 4. The lowest BCUT2D eigenvalue weighted by Gasteiger charge is -2.21. The molecule has 22 heavy (non-hydrogen) atoms. The quantitative estimate of drug-likeness (QED) is 0.895. The maximum atomic E-state index is 11.8. The third-order valence-corrected chi connectivity index (χ3v) is 3.85. The lowest BCUT2D eigenvalue weighted by atomic mass is 10.2. The van der Waals surface area contributed by atoms with E-state index in [9.17, 15) is 4.79 Å². The normalized spacial score (nSPS) is 21.9. The van der Waals surface area contributed by atoms with Crippen molar-refractivity contribution >= 4 is 6.09 Å². The molecule has 2 rings (SSSR count). The number of carbonyl (C=O) groups is 1. The summed E-state index contributed by atoms with van der Waals surface area (Å²) in [5.41, 5.74) is 1.85. The van der Waals surface area contributed by atoms with Crippen molar-refractivity contribution in [1.29, 1.82) is 0 Å². The minimum absolute atomic E-state index is 0.197. The summed E-state index contributed by atoms with van der Waals surface area (Å²) in [5.74, 6) is 0. The van der Waals surface area contributed by atoms with E-state index in [0.717, 1.165) is 31.5 Å². The standard InChI is InChI=1S/C16H28N4O2/c1-11-12(10-20(5)19-11)9-17-13-6-7-14(8-13)18-15(21)22-16(2,3)4/h10,13-14,17H,6-9H2,1-5H3,(H,18,21). The Bertz CT molecular complexity index is 519. The lowest BCUT2D eigenvalue weighted by molar-refractivity contribution is 0.0505. The summed E-state index contributed by atoms with van der Waals surface area (Å²) < 4.78 is 7.14. The zero-order chi connectivity index (χ0) is 16.3. The smallest absolute Gasteiger partial charge is 0.407 e. The molecule has 6 nitrogen and oxygen atoms in total. The van der Waals surface area contributed by atoms with E-state index in [1.54, 1.807) is 0 Å². The molecule has 6 heteroatoms. The highest BCUT2D eigenvalue weighted by Crippen LogP contribution is 2.20. The summed E-state index contributed by atoms with van der Waals surface area (Å²) in [6.45, 7) is 8.48. The average Bonchev–Trinajstić information content (AvgIpc) is 2.91. The maximum Gasteiger partial charge on any atom is 0.407 e. The van der Waals surface area contributed by atoms with Gasteiger partial charge in [-0.3, -0.25) is 4.68 Å². The molecule has 2 unspecified atom stereocenters. The van der Waals surface area contributed by atoms with Crippen LogP contribution in [0, 0.1) is 6.92 Å². The number of amides is 1. The molecule has 1 aliphatic carbocycles. The molecular formula is C16H28N4O2. The first kappa shape index (κ1) is 16.8. The van der Waals surface area contributed by atoms with Crippen LogP contribution in [0.25, 0.3) is 0 Å². The number of hydrogen-bond donors (Lipinski definition) is 2. The summed E-state index contributed by atoms with van der Waals surface area (Å²) in [4.78, 5) is 11.8. The summed E-state index contributed by atoms with van der Waals surface area (Å²) in [5, 5.41) is 10.9. The Morgan fingerprint density at radius 1 is 1.41 bits per heavy atom. The molecule has 0 aliphatic heterocycles. The lowest BCUT2D eigenvalue weighted by Crippen LogP contribution is -2.38. The Balaban J connectivity index is 1.74. The Hall–Kier alpha value is -1.56. The summed E-state index contributed by atoms with van der Waals surface area (Å²) in [7, 11) is 1.94. The minimum Gasteiger partial charge on any atom is -0.444 e. The van der Waals surface area contributed by atoms with Gasteiger partial charge in [0, 0.05) is 37.4 Å². The molecule has 1 saturated carbocycles. The third-order valence-electron chi connectivity index (χ3n) is 3.85. The molecule has 1 fully saturated rings. The third kappa shape index (κ3) is 5.02. The highest BCUT2D eigenvalue weighted by Gasteiger charge is 2.27. The molecule has 1 aromatic heterocycles. The van der Waals surface area contributed by atoms with Gasteiger partial charge in [0.15, 0.2) is 0 Å². The van der Waals surface area contributed by atoms with Gasteiger partial charge >= 0.3 is 6.09 Å². The van der Waals surface area contributed by atoms with Crippen LogP contribution in [-0.2, 0) is 18.3 Å². The number of carbonyl (C=O) groups excluding carboxylic acids is 1. The van der Waals surface area contributed by atoms with E-state index in [-0.39, 0.29) is 12.1 Å². The van der Waals surface area contributed by atoms with Crippen LogP contribution in [0.1, 0.15) is 51.3 Å². The summed E-state index contributed by atoms with van der Waals surface area (Å²) in [6.07, 6.45) is 4.73. The number of nitrogens with one attached hydrogen (secondary N) is 2. The molecule has 1 aliphatic rings. The van der Waals surface area contributed by atoms with Crippen LogP contribution in [-0.4, -0.2) is 33.6 Å². The monoisotopic (exact) mass is 308 g/mol. The van der Waals surface area contributed by atoms with Gasteiger partial charge in [-0.15, -0.1) is 0 Å². The number of aromatic nitrogens is 2. The van der Waals surface area contributed by atoms with Crippen LogP contribution >= 0.6 is 0 Å². The van der Waals surface area contributed by atoms with Gasteiger partial charge in [0.25, 0.3) is 0 Å². The molecule has 1 aromatic rings. The summed E-state index contributed by atoms with van der Waals surface area (Å²) >= 11 is 0. The van der Waals surface area contributed by atoms with Gasteiger partial charge in [0.05, 0.1) is 5.69 Å². The van der Waals surface area contributed by atoms with Crippen molar-refractivity contribution in [2.75, 3.05) is 0 Å². The van der Waals surface area contributed by atoms with Crippen LogP contribution in [0.4, 0.5) is 4.79 Å². The van der Waals surface area contributed by atoms with Crippen LogP contribution in [0.2, 0.25) is 0 Å². The predicted molar refractivity (Wildman–Crippen MR) is 85.6 cm³/mol. The fourth-order valence-corrected chi connectivity index (χ4v) is 2.85. The van der Waals surface area contributed by atoms with E-state index in [0.29, 0.717) is 6.04 Å². The highest BCUT2D eigenvalue weighted by molar-refractivity contribution is 5.68. The Kier molecular flexibility index (Phi) is 5.11. The van der Waals surface area contributed by atoms with E-state index < -0.39 is 5.60 Å². The Morgan fingerprint density at radius 3 is 2.68 bits per heavy atom. The average molecular weight is 308 g/mol. The van der Waals surface area contributed by atoms with Crippen LogP contribution in [0.15, 0.2) is 6.20 Å². The molecule has 0 radical (unpaired) electrons. The van der Waals surface area contributed by atoms with Gasteiger partial charge in [0.1, 0.15) is 5.60 Å². The van der Waals surface area contributed by atoms with Crippen LogP contribution in [0.3, 0.4) is 0 Å². The highest BCUT2D eigenvalue weighted by atomic mass is 16.6. The molecule has 2 N–H and O–H groups in total. The molecule has 0 aromatic carbocycles. The fraction of sp³-hybridized carbons (Fsp3) is 0.750. The maximum absolute atomic E-state index is 11.8.